The van der Waals surface area contributed by atoms with Crippen LogP contribution in [-0.4, -0.2) is 49.5 Å². The van der Waals surface area contributed by atoms with E-state index in [1.54, 1.807) is 11.8 Å². The average Bonchev–Trinajstić information content (AvgIpc) is 2.46. The van der Waals surface area contributed by atoms with Gasteiger partial charge in [-0.1, -0.05) is 0 Å². The monoisotopic (exact) mass is 335 g/mol. The fourth-order valence-corrected chi connectivity index (χ4v) is 5.99. The van der Waals surface area contributed by atoms with Crippen LogP contribution in [0.2, 0.25) is 0 Å². The van der Waals surface area contributed by atoms with Gasteiger partial charge in [0.2, 0.25) is 10.0 Å². The Hall–Kier alpha value is -0.700. The van der Waals surface area contributed by atoms with Crippen molar-refractivity contribution in [2.75, 3.05) is 25.5 Å². The number of sulfonamides is 1. The van der Waals surface area contributed by atoms with Gasteiger partial charge in [-0.2, -0.15) is 16.1 Å². The number of benzene rings is 1. The molecule has 2 saturated heterocycles. The van der Waals surface area contributed by atoms with Crippen LogP contribution in [0, 0.1) is 11.6 Å². The number of hydrogen-bond donors (Lipinski definition) is 0. The number of rotatable bonds is 2. The third-order valence-corrected chi connectivity index (χ3v) is 7.02. The van der Waals surface area contributed by atoms with Crippen molar-refractivity contribution in [3.05, 3.63) is 29.8 Å². The standard InChI is InChI=1S/C13H15F2NO3S2/c14-9-1-2-13(10(15)7-9)21(17,18)16-4-6-20-12-8-19-5-3-11(12)16/h1-2,7,11-12H,3-6,8H2/t11-,12+/m0/s1. The zero-order chi connectivity index (χ0) is 15.0. The lowest BCUT2D eigenvalue weighted by Crippen LogP contribution is -2.54. The van der Waals surface area contributed by atoms with E-state index in [0.717, 1.165) is 12.1 Å². The Bertz CT molecular complexity index is 636. The van der Waals surface area contributed by atoms with E-state index in [1.165, 1.54) is 4.31 Å². The molecule has 3 rings (SSSR count). The predicted octanol–water partition coefficient (Wildman–Crippen LogP) is 1.86. The van der Waals surface area contributed by atoms with Gasteiger partial charge in [-0.05, 0) is 18.6 Å². The summed E-state index contributed by atoms with van der Waals surface area (Å²) in [6.07, 6.45) is 0.597. The smallest absolute Gasteiger partial charge is 0.246 e. The molecule has 2 fully saturated rings. The van der Waals surface area contributed by atoms with Crippen LogP contribution in [0.4, 0.5) is 8.78 Å². The molecule has 0 spiro atoms. The van der Waals surface area contributed by atoms with Gasteiger partial charge >= 0.3 is 0 Å². The van der Waals surface area contributed by atoms with Crippen LogP contribution in [0.5, 0.6) is 0 Å². The molecule has 0 aliphatic carbocycles. The molecule has 8 heteroatoms. The Morgan fingerprint density at radius 3 is 2.90 bits per heavy atom. The Morgan fingerprint density at radius 1 is 1.33 bits per heavy atom. The first-order valence-corrected chi connectivity index (χ1v) is 9.15. The van der Waals surface area contributed by atoms with Gasteiger partial charge in [0, 0.05) is 36.3 Å². The minimum absolute atomic E-state index is 0.0748. The molecule has 0 radical (unpaired) electrons. The minimum Gasteiger partial charge on any atom is -0.380 e. The van der Waals surface area contributed by atoms with Crippen LogP contribution in [0.1, 0.15) is 6.42 Å². The maximum atomic E-state index is 13.8. The highest BCUT2D eigenvalue weighted by molar-refractivity contribution is 8.00. The molecule has 4 nitrogen and oxygen atoms in total. The van der Waals surface area contributed by atoms with E-state index in [-0.39, 0.29) is 11.3 Å². The highest BCUT2D eigenvalue weighted by Gasteiger charge is 2.41. The molecule has 0 aromatic heterocycles. The lowest BCUT2D eigenvalue weighted by atomic mass is 10.1. The van der Waals surface area contributed by atoms with E-state index in [1.807, 2.05) is 0 Å². The van der Waals surface area contributed by atoms with Crippen molar-refractivity contribution in [2.45, 2.75) is 22.6 Å². The van der Waals surface area contributed by atoms with Crippen LogP contribution in [-0.2, 0) is 14.8 Å². The summed E-state index contributed by atoms with van der Waals surface area (Å²) >= 11 is 1.68. The second kappa shape index (κ2) is 5.83. The number of nitrogens with zero attached hydrogens (tertiary/aromatic N) is 1. The molecule has 0 bridgehead atoms. The number of ether oxygens (including phenoxy) is 1. The summed E-state index contributed by atoms with van der Waals surface area (Å²) in [4.78, 5) is -0.457. The Labute approximate surface area is 126 Å². The summed E-state index contributed by atoms with van der Waals surface area (Å²) in [7, 11) is -3.96. The normalized spacial score (nSPS) is 27.3. The summed E-state index contributed by atoms with van der Waals surface area (Å²) in [5.41, 5.74) is 0. The van der Waals surface area contributed by atoms with E-state index in [4.69, 9.17) is 4.74 Å². The Balaban J connectivity index is 1.96. The quantitative estimate of drug-likeness (QED) is 0.828. The number of fused-ring (bicyclic) bond motifs is 1. The largest absolute Gasteiger partial charge is 0.380 e. The Morgan fingerprint density at radius 2 is 2.14 bits per heavy atom. The minimum atomic E-state index is -3.96. The van der Waals surface area contributed by atoms with Crippen LogP contribution < -0.4 is 0 Å². The summed E-state index contributed by atoms with van der Waals surface area (Å²) in [5.74, 6) is -1.19. The molecule has 2 aliphatic heterocycles. The van der Waals surface area contributed by atoms with Gasteiger partial charge in [0.1, 0.15) is 16.5 Å². The summed E-state index contributed by atoms with van der Waals surface area (Å²) in [5, 5.41) is 0.0748. The van der Waals surface area contributed by atoms with Gasteiger partial charge in [-0.15, -0.1) is 0 Å². The maximum absolute atomic E-state index is 13.8. The predicted molar refractivity (Wildman–Crippen MR) is 75.7 cm³/mol. The van der Waals surface area contributed by atoms with Gasteiger partial charge in [-0.25, -0.2) is 17.2 Å². The van der Waals surface area contributed by atoms with Crippen molar-refractivity contribution in [2.24, 2.45) is 0 Å². The molecular weight excluding hydrogens is 320 g/mol. The van der Waals surface area contributed by atoms with E-state index in [0.29, 0.717) is 38.0 Å². The molecule has 0 N–H and O–H groups in total. The molecule has 1 aromatic rings. The number of halogens is 2. The molecule has 2 atom stereocenters. The zero-order valence-corrected chi connectivity index (χ0v) is 12.8. The number of hydrogen-bond acceptors (Lipinski definition) is 4. The Kier molecular flexibility index (Phi) is 4.22. The molecular formula is C13H15F2NO3S2. The third kappa shape index (κ3) is 2.81. The van der Waals surface area contributed by atoms with Crippen molar-refractivity contribution in [3.8, 4) is 0 Å². The molecule has 0 unspecified atom stereocenters. The van der Waals surface area contributed by atoms with Gasteiger partial charge in [0.15, 0.2) is 0 Å². The first-order valence-electron chi connectivity index (χ1n) is 6.66. The average molecular weight is 335 g/mol. The second-order valence-electron chi connectivity index (χ2n) is 5.03. The van der Waals surface area contributed by atoms with Crippen LogP contribution in [0.3, 0.4) is 0 Å². The van der Waals surface area contributed by atoms with E-state index in [9.17, 15) is 17.2 Å². The lowest BCUT2D eigenvalue weighted by Gasteiger charge is -2.42. The lowest BCUT2D eigenvalue weighted by molar-refractivity contribution is 0.0625. The first kappa shape index (κ1) is 15.2. The summed E-state index contributed by atoms with van der Waals surface area (Å²) in [6.45, 7) is 1.35. The van der Waals surface area contributed by atoms with Crippen molar-refractivity contribution in [3.63, 3.8) is 0 Å². The van der Waals surface area contributed by atoms with Crippen molar-refractivity contribution < 1.29 is 21.9 Å². The topological polar surface area (TPSA) is 46.6 Å². The van der Waals surface area contributed by atoms with E-state index < -0.39 is 26.6 Å². The van der Waals surface area contributed by atoms with Crippen LogP contribution in [0.25, 0.3) is 0 Å². The number of thioether (sulfide) groups is 1. The first-order chi connectivity index (χ1) is 10.00. The third-order valence-electron chi connectivity index (χ3n) is 3.76. The van der Waals surface area contributed by atoms with Crippen molar-refractivity contribution in [1.29, 1.82) is 0 Å². The van der Waals surface area contributed by atoms with Crippen LogP contribution >= 0.6 is 11.8 Å². The second-order valence-corrected chi connectivity index (χ2v) is 8.24. The molecule has 21 heavy (non-hydrogen) atoms. The van der Waals surface area contributed by atoms with Crippen molar-refractivity contribution in [1.82, 2.24) is 4.31 Å². The fourth-order valence-electron chi connectivity index (χ4n) is 2.76. The molecule has 0 saturated carbocycles. The fraction of sp³-hybridized carbons (Fsp3) is 0.538. The zero-order valence-electron chi connectivity index (χ0n) is 11.2. The van der Waals surface area contributed by atoms with E-state index in [2.05, 4.69) is 0 Å². The summed E-state index contributed by atoms with van der Waals surface area (Å²) in [6, 6.07) is 2.38. The van der Waals surface area contributed by atoms with E-state index >= 15 is 0 Å². The maximum Gasteiger partial charge on any atom is 0.246 e. The highest BCUT2D eigenvalue weighted by atomic mass is 32.2. The van der Waals surface area contributed by atoms with Gasteiger partial charge in [0.25, 0.3) is 0 Å². The van der Waals surface area contributed by atoms with Crippen LogP contribution in [0.15, 0.2) is 23.1 Å². The van der Waals surface area contributed by atoms with Gasteiger partial charge in [-0.3, -0.25) is 0 Å². The molecule has 2 aliphatic rings. The molecule has 116 valence electrons. The molecule has 1 aromatic carbocycles. The molecule has 2 heterocycles. The van der Waals surface area contributed by atoms with Gasteiger partial charge < -0.3 is 4.74 Å². The van der Waals surface area contributed by atoms with Gasteiger partial charge in [0.05, 0.1) is 6.61 Å². The molecule has 0 amide bonds. The SMILES string of the molecule is O=S(=O)(c1ccc(F)cc1F)N1CCS[C@@H]2COCC[C@@H]21. The van der Waals surface area contributed by atoms with Crippen molar-refractivity contribution >= 4 is 21.8 Å². The summed E-state index contributed by atoms with van der Waals surface area (Å²) < 4.78 is 58.9. The highest BCUT2D eigenvalue weighted by Crippen LogP contribution is 2.34.